The number of carboxylic acid groups (broad SMARTS) is 1. The van der Waals surface area contributed by atoms with Crippen molar-refractivity contribution in [3.05, 3.63) is 0 Å². The molecule has 2 atom stereocenters. The first-order valence-electron chi connectivity index (χ1n) is 9.08. The van der Waals surface area contributed by atoms with Crippen LogP contribution in [0, 0.1) is 5.92 Å². The van der Waals surface area contributed by atoms with E-state index in [1.165, 1.54) is 0 Å². The van der Waals surface area contributed by atoms with Gasteiger partial charge in [0.2, 0.25) is 5.91 Å². The summed E-state index contributed by atoms with van der Waals surface area (Å²) in [6.07, 6.45) is 5.40. The molecule has 0 aromatic carbocycles. The summed E-state index contributed by atoms with van der Waals surface area (Å²) < 4.78 is 0. The molecule has 24 heavy (non-hydrogen) atoms. The van der Waals surface area contributed by atoms with Crippen molar-refractivity contribution in [1.82, 2.24) is 14.7 Å². The Hall–Kier alpha value is -1.79. The Kier molecular flexibility index (Phi) is 4.96. The van der Waals surface area contributed by atoms with Gasteiger partial charge in [-0.15, -0.1) is 0 Å². The minimum atomic E-state index is -0.962. The van der Waals surface area contributed by atoms with Gasteiger partial charge in [-0.25, -0.2) is 9.59 Å². The van der Waals surface area contributed by atoms with Crippen molar-refractivity contribution in [2.45, 2.75) is 57.5 Å². The first kappa shape index (κ1) is 17.0. The molecule has 2 saturated heterocycles. The third kappa shape index (κ3) is 3.49. The highest BCUT2D eigenvalue weighted by atomic mass is 16.4. The second-order valence-corrected chi connectivity index (χ2v) is 7.25. The number of hydrogen-bond acceptors (Lipinski definition) is 3. The van der Waals surface area contributed by atoms with Crippen LogP contribution in [0.5, 0.6) is 0 Å². The maximum Gasteiger partial charge on any atom is 0.326 e. The fourth-order valence-corrected chi connectivity index (χ4v) is 3.83. The highest BCUT2D eigenvalue weighted by molar-refractivity contribution is 5.86. The molecule has 3 fully saturated rings. The summed E-state index contributed by atoms with van der Waals surface area (Å²) in [5.74, 6) is -1.32. The van der Waals surface area contributed by atoms with Gasteiger partial charge in [-0.05, 0) is 45.4 Å². The monoisotopic (exact) mass is 337 g/mol. The molecule has 3 aliphatic rings. The Bertz CT molecular complexity index is 514. The number of rotatable bonds is 4. The molecule has 1 saturated carbocycles. The number of piperidine rings is 1. The van der Waals surface area contributed by atoms with Gasteiger partial charge in [-0.1, -0.05) is 0 Å². The summed E-state index contributed by atoms with van der Waals surface area (Å²) in [5.41, 5.74) is 0. The molecular formula is C17H27N3O4. The lowest BCUT2D eigenvalue weighted by atomic mass is 9.96. The molecule has 3 amide bonds. The molecule has 7 nitrogen and oxygen atoms in total. The summed E-state index contributed by atoms with van der Waals surface area (Å²) in [5, 5.41) is 9.30. The number of likely N-dealkylation sites (tertiary alicyclic amines) is 2. The van der Waals surface area contributed by atoms with Gasteiger partial charge in [0.15, 0.2) is 0 Å². The van der Waals surface area contributed by atoms with E-state index in [0.717, 1.165) is 51.6 Å². The minimum absolute atomic E-state index is 0.0363. The second kappa shape index (κ2) is 6.99. The zero-order valence-corrected chi connectivity index (χ0v) is 14.3. The largest absolute Gasteiger partial charge is 0.480 e. The average Bonchev–Trinajstić information content (AvgIpc) is 3.26. The molecular weight excluding hydrogens is 310 g/mol. The SMILES string of the molecule is CC(C(=O)O)N(C(=O)C1CCCN(C(=O)N2CCCC2)C1)C1CC1. The van der Waals surface area contributed by atoms with Crippen LogP contribution < -0.4 is 0 Å². The van der Waals surface area contributed by atoms with Gasteiger partial charge in [0.05, 0.1) is 5.92 Å². The van der Waals surface area contributed by atoms with Crippen LogP contribution in [0.3, 0.4) is 0 Å². The summed E-state index contributed by atoms with van der Waals surface area (Å²) in [7, 11) is 0. The van der Waals surface area contributed by atoms with Gasteiger partial charge < -0.3 is 19.8 Å². The van der Waals surface area contributed by atoms with Crippen molar-refractivity contribution in [2.24, 2.45) is 5.92 Å². The van der Waals surface area contributed by atoms with Gasteiger partial charge in [-0.3, -0.25) is 4.79 Å². The Labute approximate surface area is 142 Å². The molecule has 0 spiro atoms. The van der Waals surface area contributed by atoms with Crippen LogP contribution in [-0.2, 0) is 9.59 Å². The molecule has 0 aromatic rings. The first-order chi connectivity index (χ1) is 11.5. The number of carboxylic acids is 1. The van der Waals surface area contributed by atoms with E-state index in [1.807, 2.05) is 4.90 Å². The van der Waals surface area contributed by atoms with E-state index in [2.05, 4.69) is 0 Å². The van der Waals surface area contributed by atoms with E-state index in [0.29, 0.717) is 13.1 Å². The number of aliphatic carboxylic acids is 1. The van der Waals surface area contributed by atoms with Crippen molar-refractivity contribution >= 4 is 17.9 Å². The topological polar surface area (TPSA) is 81.2 Å². The number of nitrogens with zero attached hydrogens (tertiary/aromatic N) is 3. The fraction of sp³-hybridized carbons (Fsp3) is 0.824. The van der Waals surface area contributed by atoms with Crippen LogP contribution in [0.2, 0.25) is 0 Å². The smallest absolute Gasteiger partial charge is 0.326 e. The predicted octanol–water partition coefficient (Wildman–Crippen LogP) is 1.38. The maximum absolute atomic E-state index is 12.9. The molecule has 7 heteroatoms. The van der Waals surface area contributed by atoms with E-state index in [4.69, 9.17) is 0 Å². The second-order valence-electron chi connectivity index (χ2n) is 7.25. The van der Waals surface area contributed by atoms with Crippen LogP contribution in [-0.4, -0.2) is 76.0 Å². The normalized spacial score (nSPS) is 25.5. The van der Waals surface area contributed by atoms with E-state index in [9.17, 15) is 19.5 Å². The van der Waals surface area contributed by atoms with Crippen molar-refractivity contribution in [3.8, 4) is 0 Å². The van der Waals surface area contributed by atoms with E-state index in [-0.39, 0.29) is 23.9 Å². The molecule has 0 bridgehead atoms. The molecule has 2 aliphatic heterocycles. The number of urea groups is 1. The Morgan fingerprint density at radius 1 is 1.00 bits per heavy atom. The van der Waals surface area contributed by atoms with Gasteiger partial charge in [0.25, 0.3) is 0 Å². The summed E-state index contributed by atoms with van der Waals surface area (Å²) in [4.78, 5) is 42.0. The zero-order valence-electron chi connectivity index (χ0n) is 14.3. The quantitative estimate of drug-likeness (QED) is 0.840. The third-order valence-corrected chi connectivity index (χ3v) is 5.39. The van der Waals surface area contributed by atoms with E-state index < -0.39 is 12.0 Å². The average molecular weight is 337 g/mol. The van der Waals surface area contributed by atoms with Gasteiger partial charge in [-0.2, -0.15) is 0 Å². The van der Waals surface area contributed by atoms with Crippen molar-refractivity contribution in [3.63, 3.8) is 0 Å². The standard InChI is InChI=1S/C17H27N3O4/c1-12(16(22)23)20(14-6-7-14)15(21)13-5-4-10-19(11-13)17(24)18-8-2-3-9-18/h12-14H,2-11H2,1H3,(H,22,23). The Morgan fingerprint density at radius 3 is 2.21 bits per heavy atom. The molecule has 1 N–H and O–H groups in total. The highest BCUT2D eigenvalue weighted by Crippen LogP contribution is 2.32. The Morgan fingerprint density at radius 2 is 1.62 bits per heavy atom. The Balaban J connectivity index is 1.65. The molecule has 134 valence electrons. The molecule has 0 aromatic heterocycles. The summed E-state index contributed by atoms with van der Waals surface area (Å²) >= 11 is 0. The van der Waals surface area contributed by atoms with Crippen molar-refractivity contribution in [1.29, 1.82) is 0 Å². The summed E-state index contributed by atoms with van der Waals surface area (Å²) in [6.45, 7) is 4.30. The van der Waals surface area contributed by atoms with Gasteiger partial charge in [0.1, 0.15) is 6.04 Å². The van der Waals surface area contributed by atoms with Crippen molar-refractivity contribution < 1.29 is 19.5 Å². The number of carbonyl (C=O) groups excluding carboxylic acids is 2. The van der Waals surface area contributed by atoms with Crippen LogP contribution in [0.15, 0.2) is 0 Å². The van der Waals surface area contributed by atoms with Gasteiger partial charge >= 0.3 is 12.0 Å². The highest BCUT2D eigenvalue weighted by Gasteiger charge is 2.42. The summed E-state index contributed by atoms with van der Waals surface area (Å²) in [6, 6.07) is -0.697. The van der Waals surface area contributed by atoms with Crippen LogP contribution >= 0.6 is 0 Å². The fourth-order valence-electron chi connectivity index (χ4n) is 3.83. The van der Waals surface area contributed by atoms with Crippen molar-refractivity contribution in [2.75, 3.05) is 26.2 Å². The first-order valence-corrected chi connectivity index (χ1v) is 9.08. The number of hydrogen-bond donors (Lipinski definition) is 1. The predicted molar refractivity (Wildman–Crippen MR) is 87.5 cm³/mol. The lowest BCUT2D eigenvalue weighted by Crippen LogP contribution is -2.53. The van der Waals surface area contributed by atoms with Crippen LogP contribution in [0.4, 0.5) is 4.79 Å². The van der Waals surface area contributed by atoms with Crippen LogP contribution in [0.1, 0.15) is 45.4 Å². The zero-order chi connectivity index (χ0) is 17.3. The van der Waals surface area contributed by atoms with E-state index in [1.54, 1.807) is 16.7 Å². The molecule has 1 aliphatic carbocycles. The molecule has 3 rings (SSSR count). The number of amides is 3. The minimum Gasteiger partial charge on any atom is -0.480 e. The molecule has 2 unspecified atom stereocenters. The maximum atomic E-state index is 12.9. The third-order valence-electron chi connectivity index (χ3n) is 5.39. The van der Waals surface area contributed by atoms with Crippen LogP contribution in [0.25, 0.3) is 0 Å². The number of carbonyl (C=O) groups is 3. The van der Waals surface area contributed by atoms with E-state index >= 15 is 0 Å². The molecule has 2 heterocycles. The molecule has 0 radical (unpaired) electrons. The lowest BCUT2D eigenvalue weighted by Gasteiger charge is -2.37. The lowest BCUT2D eigenvalue weighted by molar-refractivity contribution is -0.152. The van der Waals surface area contributed by atoms with Gasteiger partial charge in [0, 0.05) is 32.2 Å².